The number of carboxylic acid groups (broad SMARTS) is 1. The Bertz CT molecular complexity index is 133. The van der Waals surface area contributed by atoms with Gasteiger partial charge in [-0.15, -0.1) is 12.4 Å². The average molecular weight is 211 g/mol. The second kappa shape index (κ2) is 9.77. The van der Waals surface area contributed by atoms with Crippen molar-refractivity contribution in [3.8, 4) is 0 Å². The van der Waals surface area contributed by atoms with Crippen molar-refractivity contribution < 1.29 is 9.90 Å². The number of nitrogens with two attached hydrogens (primary N) is 1. The quantitative estimate of drug-likeness (QED) is 0.538. The molecule has 0 unspecified atom stereocenters. The average Bonchev–Trinajstić information content (AvgIpc) is 2.03. The van der Waals surface area contributed by atoms with Crippen LogP contribution in [0.2, 0.25) is 0 Å². The highest BCUT2D eigenvalue weighted by Gasteiger charge is 2.14. The van der Waals surface area contributed by atoms with Crippen LogP contribution in [0.1, 0.15) is 26.2 Å². The zero-order chi connectivity index (χ0) is 9.40. The minimum absolute atomic E-state index is 0. The third-order valence-electron chi connectivity index (χ3n) is 1.70. The maximum atomic E-state index is 10.6. The number of unbranched alkanes of at least 4 members (excludes halogenated alkanes) is 1. The SMILES string of the molecule is CCN[C@@H](CCCCN)C(=O)O.Cl. The van der Waals surface area contributed by atoms with Gasteiger partial charge in [-0.3, -0.25) is 4.79 Å². The van der Waals surface area contributed by atoms with Crippen LogP contribution in [0, 0.1) is 0 Å². The molecule has 0 aromatic heterocycles. The van der Waals surface area contributed by atoms with Crippen molar-refractivity contribution in [3.63, 3.8) is 0 Å². The summed E-state index contributed by atoms with van der Waals surface area (Å²) in [6.07, 6.45) is 2.44. The topological polar surface area (TPSA) is 75.3 Å². The highest BCUT2D eigenvalue weighted by atomic mass is 35.5. The molecule has 0 aromatic rings. The van der Waals surface area contributed by atoms with Crippen molar-refractivity contribution in [2.45, 2.75) is 32.2 Å². The van der Waals surface area contributed by atoms with Crippen molar-refractivity contribution in [2.24, 2.45) is 5.73 Å². The van der Waals surface area contributed by atoms with E-state index >= 15 is 0 Å². The predicted octanol–water partition coefficient (Wildman–Crippen LogP) is 0.600. The van der Waals surface area contributed by atoms with Crippen LogP contribution in [0.3, 0.4) is 0 Å². The van der Waals surface area contributed by atoms with E-state index in [9.17, 15) is 4.79 Å². The summed E-state index contributed by atoms with van der Waals surface area (Å²) in [7, 11) is 0. The Morgan fingerprint density at radius 3 is 2.54 bits per heavy atom. The Hall–Kier alpha value is -0.320. The third-order valence-corrected chi connectivity index (χ3v) is 1.70. The predicted molar refractivity (Wildman–Crippen MR) is 55.3 cm³/mol. The summed E-state index contributed by atoms with van der Waals surface area (Å²) in [5.41, 5.74) is 5.30. The smallest absolute Gasteiger partial charge is 0.320 e. The molecule has 0 heterocycles. The van der Waals surface area contributed by atoms with E-state index in [2.05, 4.69) is 5.32 Å². The number of carboxylic acids is 1. The standard InChI is InChI=1S/C8H18N2O2.ClH/c1-2-10-7(8(11)12)5-3-4-6-9;/h7,10H,2-6,9H2,1H3,(H,11,12);1H/t7-;/m0./s1. The van der Waals surface area contributed by atoms with Gasteiger partial charge in [-0.2, -0.15) is 0 Å². The van der Waals surface area contributed by atoms with E-state index in [1.807, 2.05) is 6.92 Å². The molecule has 0 aliphatic rings. The number of hydrogen-bond donors (Lipinski definition) is 3. The molecule has 0 aliphatic heterocycles. The summed E-state index contributed by atoms with van der Waals surface area (Å²) in [4.78, 5) is 10.6. The van der Waals surface area contributed by atoms with Gasteiger partial charge in [0.2, 0.25) is 0 Å². The summed E-state index contributed by atoms with van der Waals surface area (Å²) in [5, 5.41) is 11.6. The van der Waals surface area contributed by atoms with Crippen LogP contribution in [-0.2, 0) is 4.79 Å². The van der Waals surface area contributed by atoms with E-state index in [0.29, 0.717) is 19.5 Å². The van der Waals surface area contributed by atoms with Crippen LogP contribution in [-0.4, -0.2) is 30.2 Å². The van der Waals surface area contributed by atoms with Crippen LogP contribution >= 0.6 is 12.4 Å². The van der Waals surface area contributed by atoms with Crippen LogP contribution in [0.5, 0.6) is 0 Å². The van der Waals surface area contributed by atoms with Gasteiger partial charge in [0.1, 0.15) is 6.04 Å². The summed E-state index contributed by atoms with van der Waals surface area (Å²) < 4.78 is 0. The lowest BCUT2D eigenvalue weighted by molar-refractivity contribution is -0.139. The molecule has 0 saturated carbocycles. The molecule has 0 bridgehead atoms. The molecule has 0 aromatic carbocycles. The van der Waals surface area contributed by atoms with Crippen molar-refractivity contribution >= 4 is 18.4 Å². The van der Waals surface area contributed by atoms with Gasteiger partial charge in [0.05, 0.1) is 0 Å². The number of likely N-dealkylation sites (N-methyl/N-ethyl adjacent to an activating group) is 1. The molecule has 80 valence electrons. The molecule has 13 heavy (non-hydrogen) atoms. The fourth-order valence-electron chi connectivity index (χ4n) is 1.05. The van der Waals surface area contributed by atoms with Gasteiger partial charge < -0.3 is 16.2 Å². The minimum atomic E-state index is -0.770. The lowest BCUT2D eigenvalue weighted by Crippen LogP contribution is -2.36. The molecule has 0 aliphatic carbocycles. The molecule has 4 nitrogen and oxygen atoms in total. The van der Waals surface area contributed by atoms with Gasteiger partial charge in [0.15, 0.2) is 0 Å². The highest BCUT2D eigenvalue weighted by molar-refractivity contribution is 5.85. The summed E-state index contributed by atoms with van der Waals surface area (Å²) >= 11 is 0. The number of carbonyl (C=O) groups is 1. The first-order valence-corrected chi connectivity index (χ1v) is 4.38. The highest BCUT2D eigenvalue weighted by Crippen LogP contribution is 1.99. The summed E-state index contributed by atoms with van der Waals surface area (Å²) in [6.45, 7) is 3.23. The minimum Gasteiger partial charge on any atom is -0.480 e. The molecule has 0 fully saturated rings. The number of aliphatic carboxylic acids is 1. The van der Waals surface area contributed by atoms with Crippen LogP contribution in [0.4, 0.5) is 0 Å². The maximum Gasteiger partial charge on any atom is 0.320 e. The number of halogens is 1. The van der Waals surface area contributed by atoms with E-state index in [-0.39, 0.29) is 12.4 Å². The van der Waals surface area contributed by atoms with Crippen LogP contribution in [0.25, 0.3) is 0 Å². The number of nitrogens with one attached hydrogen (secondary N) is 1. The van der Waals surface area contributed by atoms with E-state index in [4.69, 9.17) is 10.8 Å². The van der Waals surface area contributed by atoms with Gasteiger partial charge in [0, 0.05) is 0 Å². The Balaban J connectivity index is 0. The first-order chi connectivity index (χ1) is 5.72. The first kappa shape index (κ1) is 15.2. The van der Waals surface area contributed by atoms with Gasteiger partial charge in [-0.25, -0.2) is 0 Å². The number of rotatable bonds is 7. The van der Waals surface area contributed by atoms with E-state index < -0.39 is 12.0 Å². The molecule has 5 heteroatoms. The van der Waals surface area contributed by atoms with Crippen molar-refractivity contribution in [1.29, 1.82) is 0 Å². The molecular formula is C8H19ClN2O2. The van der Waals surface area contributed by atoms with E-state index in [1.165, 1.54) is 0 Å². The number of hydrogen-bond acceptors (Lipinski definition) is 3. The molecular weight excluding hydrogens is 192 g/mol. The normalized spacial score (nSPS) is 11.8. The lowest BCUT2D eigenvalue weighted by Gasteiger charge is -2.11. The fraction of sp³-hybridized carbons (Fsp3) is 0.875. The Morgan fingerprint density at radius 2 is 2.15 bits per heavy atom. The lowest BCUT2D eigenvalue weighted by atomic mass is 10.1. The molecule has 0 radical (unpaired) electrons. The molecule has 1 atom stereocenters. The molecule has 0 rings (SSSR count). The Morgan fingerprint density at radius 1 is 1.54 bits per heavy atom. The van der Waals surface area contributed by atoms with Gasteiger partial charge >= 0.3 is 5.97 Å². The van der Waals surface area contributed by atoms with Crippen LogP contribution < -0.4 is 11.1 Å². The second-order valence-corrected chi connectivity index (χ2v) is 2.73. The largest absolute Gasteiger partial charge is 0.480 e. The Labute approximate surface area is 85.3 Å². The third kappa shape index (κ3) is 8.02. The molecule has 0 spiro atoms. The molecule has 0 saturated heterocycles. The van der Waals surface area contributed by atoms with Gasteiger partial charge in [-0.1, -0.05) is 13.3 Å². The zero-order valence-electron chi connectivity index (χ0n) is 7.95. The fourth-order valence-corrected chi connectivity index (χ4v) is 1.05. The monoisotopic (exact) mass is 210 g/mol. The molecule has 0 amide bonds. The summed E-state index contributed by atoms with van der Waals surface area (Å²) in [5.74, 6) is -0.770. The van der Waals surface area contributed by atoms with Gasteiger partial charge in [0.25, 0.3) is 0 Å². The van der Waals surface area contributed by atoms with Crippen molar-refractivity contribution in [2.75, 3.05) is 13.1 Å². The molecule has 4 N–H and O–H groups in total. The zero-order valence-corrected chi connectivity index (χ0v) is 8.77. The van der Waals surface area contributed by atoms with Gasteiger partial charge in [-0.05, 0) is 25.9 Å². The summed E-state index contributed by atoms with van der Waals surface area (Å²) in [6, 6.07) is -0.401. The van der Waals surface area contributed by atoms with Crippen LogP contribution in [0.15, 0.2) is 0 Å². The van der Waals surface area contributed by atoms with Crippen molar-refractivity contribution in [3.05, 3.63) is 0 Å². The Kier molecular flexibility index (Phi) is 11.4. The van der Waals surface area contributed by atoms with E-state index in [0.717, 1.165) is 12.8 Å². The second-order valence-electron chi connectivity index (χ2n) is 2.73. The first-order valence-electron chi connectivity index (χ1n) is 4.38. The maximum absolute atomic E-state index is 10.6. The van der Waals surface area contributed by atoms with E-state index in [1.54, 1.807) is 0 Å². The van der Waals surface area contributed by atoms with Crippen molar-refractivity contribution in [1.82, 2.24) is 5.32 Å².